The first-order chi connectivity index (χ1) is 12.9. The fraction of sp³-hybridized carbons (Fsp3) is 0.250. The van der Waals surface area contributed by atoms with Crippen molar-refractivity contribution in [3.8, 4) is 6.07 Å². The lowest BCUT2D eigenvalue weighted by Gasteiger charge is -2.09. The Morgan fingerprint density at radius 2 is 1.93 bits per heavy atom. The van der Waals surface area contributed by atoms with Gasteiger partial charge in [0.15, 0.2) is 5.78 Å². The molecule has 1 unspecified atom stereocenters. The van der Waals surface area contributed by atoms with Gasteiger partial charge >= 0.3 is 0 Å². The molecule has 1 atom stereocenters. The van der Waals surface area contributed by atoms with Crippen molar-refractivity contribution in [2.24, 2.45) is 0 Å². The van der Waals surface area contributed by atoms with E-state index in [-0.39, 0.29) is 36.4 Å². The first-order valence-electron chi connectivity index (χ1n) is 8.44. The van der Waals surface area contributed by atoms with Gasteiger partial charge in [-0.2, -0.15) is 5.26 Å². The Hall–Kier alpha value is -3.53. The highest BCUT2D eigenvalue weighted by atomic mass is 16.6. The van der Waals surface area contributed by atoms with Crippen LogP contribution in [0.15, 0.2) is 48.5 Å². The molecular weight excluding hydrogens is 346 g/mol. The maximum Gasteiger partial charge on any atom is 0.292 e. The minimum absolute atomic E-state index is 0.0315. The van der Waals surface area contributed by atoms with Crippen LogP contribution in [-0.2, 0) is 9.59 Å². The van der Waals surface area contributed by atoms with Gasteiger partial charge in [-0.25, -0.2) is 0 Å². The number of nitrogens with zero attached hydrogens (tertiary/aromatic N) is 2. The second-order valence-corrected chi connectivity index (χ2v) is 6.12. The van der Waals surface area contributed by atoms with Crippen LogP contribution in [0, 0.1) is 28.4 Å². The van der Waals surface area contributed by atoms with E-state index in [1.165, 1.54) is 18.2 Å². The number of nitro groups is 1. The van der Waals surface area contributed by atoms with Crippen molar-refractivity contribution in [1.82, 2.24) is 0 Å². The highest BCUT2D eigenvalue weighted by molar-refractivity contribution is 5.93. The van der Waals surface area contributed by atoms with Crippen molar-refractivity contribution in [1.29, 1.82) is 5.26 Å². The number of benzene rings is 2. The van der Waals surface area contributed by atoms with Gasteiger partial charge in [-0.1, -0.05) is 42.0 Å². The maximum atomic E-state index is 12.3. The highest BCUT2D eigenvalue weighted by Crippen LogP contribution is 2.24. The maximum absolute atomic E-state index is 12.3. The van der Waals surface area contributed by atoms with Crippen LogP contribution in [0.25, 0.3) is 0 Å². The molecule has 0 aromatic heterocycles. The molecule has 0 bridgehead atoms. The van der Waals surface area contributed by atoms with E-state index in [2.05, 4.69) is 5.32 Å². The van der Waals surface area contributed by atoms with Gasteiger partial charge in [0, 0.05) is 18.9 Å². The lowest BCUT2D eigenvalue weighted by Crippen LogP contribution is -2.15. The van der Waals surface area contributed by atoms with Crippen LogP contribution < -0.4 is 5.32 Å². The fourth-order valence-corrected chi connectivity index (χ4v) is 2.70. The van der Waals surface area contributed by atoms with Crippen LogP contribution in [0.5, 0.6) is 0 Å². The molecule has 0 aliphatic carbocycles. The number of nitro benzene ring substituents is 1. The molecule has 2 rings (SSSR count). The van der Waals surface area contributed by atoms with Gasteiger partial charge in [-0.3, -0.25) is 19.7 Å². The Morgan fingerprint density at radius 3 is 2.59 bits per heavy atom. The number of carbonyl (C=O) groups excluding carboxylic acids is 2. The van der Waals surface area contributed by atoms with E-state index >= 15 is 0 Å². The number of amides is 1. The number of hydrogen-bond donors (Lipinski definition) is 1. The predicted molar refractivity (Wildman–Crippen MR) is 100 cm³/mol. The van der Waals surface area contributed by atoms with E-state index in [4.69, 9.17) is 0 Å². The average Bonchev–Trinajstić information content (AvgIpc) is 2.62. The van der Waals surface area contributed by atoms with Crippen molar-refractivity contribution in [2.75, 3.05) is 5.32 Å². The summed E-state index contributed by atoms with van der Waals surface area (Å²) in [5.41, 5.74) is 1.54. The first-order valence-corrected chi connectivity index (χ1v) is 8.44. The number of aryl methyl sites for hydroxylation is 1. The Labute approximate surface area is 156 Å². The average molecular weight is 365 g/mol. The lowest BCUT2D eigenvalue weighted by atomic mass is 9.92. The first kappa shape index (κ1) is 19.8. The molecule has 0 saturated carbocycles. The molecule has 0 saturated heterocycles. The third-order valence-corrected chi connectivity index (χ3v) is 4.03. The molecule has 0 heterocycles. The molecule has 0 aliphatic rings. The van der Waals surface area contributed by atoms with Gasteiger partial charge in [0.05, 0.1) is 11.0 Å². The number of para-hydroxylation sites is 2. The topological polar surface area (TPSA) is 113 Å². The van der Waals surface area contributed by atoms with Crippen molar-refractivity contribution in [3.05, 3.63) is 69.8 Å². The Bertz CT molecular complexity index is 902. The molecule has 0 radical (unpaired) electrons. The Balaban J connectivity index is 1.90. The summed E-state index contributed by atoms with van der Waals surface area (Å²) in [5.74, 6) is -1.52. The minimum Gasteiger partial charge on any atom is -0.320 e. The second kappa shape index (κ2) is 9.25. The van der Waals surface area contributed by atoms with Crippen LogP contribution in [0.3, 0.4) is 0 Å². The number of carbonyl (C=O) groups is 2. The zero-order valence-electron chi connectivity index (χ0n) is 14.8. The minimum atomic E-state index is -0.858. The van der Waals surface area contributed by atoms with Gasteiger partial charge in [-0.15, -0.1) is 0 Å². The van der Waals surface area contributed by atoms with Gasteiger partial charge in [0.1, 0.15) is 11.6 Å². The third-order valence-electron chi connectivity index (χ3n) is 4.03. The van der Waals surface area contributed by atoms with Crippen LogP contribution in [0.4, 0.5) is 11.4 Å². The molecule has 7 heteroatoms. The molecule has 0 fully saturated rings. The molecular formula is C20H19N3O4. The SMILES string of the molecule is Cc1cccc(C(C#N)C(=O)CCCC(=O)Nc2ccccc2[N+](=O)[O-])c1. The van der Waals surface area contributed by atoms with Crippen molar-refractivity contribution < 1.29 is 14.5 Å². The van der Waals surface area contributed by atoms with E-state index in [0.717, 1.165) is 5.56 Å². The van der Waals surface area contributed by atoms with E-state index in [0.29, 0.717) is 5.56 Å². The molecule has 138 valence electrons. The summed E-state index contributed by atoms with van der Waals surface area (Å²) in [6.07, 6.45) is 0.371. The van der Waals surface area contributed by atoms with E-state index in [9.17, 15) is 25.0 Å². The zero-order valence-corrected chi connectivity index (χ0v) is 14.8. The number of anilines is 1. The standard InChI is InChI=1S/C20H19N3O4/c1-14-6-4-7-15(12-14)16(13-21)19(24)10-5-11-20(25)22-17-8-2-3-9-18(17)23(26)27/h2-4,6-9,12,16H,5,10-11H2,1H3,(H,22,25). The van der Waals surface area contributed by atoms with Crippen molar-refractivity contribution in [3.63, 3.8) is 0 Å². The number of nitrogens with one attached hydrogen (secondary N) is 1. The molecule has 27 heavy (non-hydrogen) atoms. The van der Waals surface area contributed by atoms with Crippen molar-refractivity contribution in [2.45, 2.75) is 32.1 Å². The summed E-state index contributed by atoms with van der Waals surface area (Å²) in [6, 6.07) is 15.1. The van der Waals surface area contributed by atoms with E-state index in [1.54, 1.807) is 24.3 Å². The predicted octanol–water partition coefficient (Wildman–Crippen LogP) is 3.89. The van der Waals surface area contributed by atoms with Gasteiger partial charge in [0.2, 0.25) is 5.91 Å². The third kappa shape index (κ3) is 5.47. The highest BCUT2D eigenvalue weighted by Gasteiger charge is 2.20. The summed E-state index contributed by atoms with van der Waals surface area (Å²) in [5, 5.41) is 22.8. The van der Waals surface area contributed by atoms with Crippen LogP contribution in [-0.4, -0.2) is 16.6 Å². The normalized spacial score (nSPS) is 11.3. The van der Waals surface area contributed by atoms with Crippen LogP contribution >= 0.6 is 0 Å². The molecule has 0 spiro atoms. The monoisotopic (exact) mass is 365 g/mol. The number of hydrogen-bond acceptors (Lipinski definition) is 5. The number of rotatable bonds is 8. The summed E-state index contributed by atoms with van der Waals surface area (Å²) >= 11 is 0. The second-order valence-electron chi connectivity index (χ2n) is 6.12. The molecule has 7 nitrogen and oxygen atoms in total. The van der Waals surface area contributed by atoms with Crippen LogP contribution in [0.1, 0.15) is 36.3 Å². The Kier molecular flexibility index (Phi) is 6.78. The fourth-order valence-electron chi connectivity index (χ4n) is 2.70. The quantitative estimate of drug-likeness (QED) is 0.563. The van der Waals surface area contributed by atoms with E-state index < -0.39 is 16.7 Å². The summed E-state index contributed by atoms with van der Waals surface area (Å²) in [7, 11) is 0. The number of nitriles is 1. The van der Waals surface area contributed by atoms with Gasteiger partial charge in [0.25, 0.3) is 5.69 Å². The smallest absolute Gasteiger partial charge is 0.292 e. The largest absolute Gasteiger partial charge is 0.320 e. The van der Waals surface area contributed by atoms with E-state index in [1.807, 2.05) is 19.1 Å². The van der Waals surface area contributed by atoms with Crippen LogP contribution in [0.2, 0.25) is 0 Å². The number of Topliss-reactive ketones (excluding diaryl/α,β-unsaturated/α-hetero) is 1. The molecule has 1 N–H and O–H groups in total. The van der Waals surface area contributed by atoms with Gasteiger partial charge in [-0.05, 0) is 25.0 Å². The molecule has 0 aliphatic heterocycles. The number of ketones is 1. The lowest BCUT2D eigenvalue weighted by molar-refractivity contribution is -0.383. The van der Waals surface area contributed by atoms with Gasteiger partial charge < -0.3 is 5.32 Å². The summed E-state index contributed by atoms with van der Waals surface area (Å²) < 4.78 is 0. The molecule has 2 aromatic rings. The zero-order chi connectivity index (χ0) is 19.8. The molecule has 2 aromatic carbocycles. The summed E-state index contributed by atoms with van der Waals surface area (Å²) in [4.78, 5) is 34.7. The Morgan fingerprint density at radius 1 is 1.19 bits per heavy atom. The summed E-state index contributed by atoms with van der Waals surface area (Å²) in [6.45, 7) is 1.88. The van der Waals surface area contributed by atoms with Crippen molar-refractivity contribution >= 4 is 23.1 Å². The molecule has 1 amide bonds.